The average molecular weight is 327 g/mol. The molecular formula is C17H14FN3O3. The van der Waals surface area contributed by atoms with Gasteiger partial charge in [-0.3, -0.25) is 4.57 Å². The average Bonchev–Trinajstić information content (AvgIpc) is 3.15. The summed E-state index contributed by atoms with van der Waals surface area (Å²) in [6.45, 7) is -0.00748. The quantitative estimate of drug-likeness (QED) is 0.674. The van der Waals surface area contributed by atoms with Crippen molar-refractivity contribution in [2.75, 3.05) is 7.11 Å². The van der Waals surface area contributed by atoms with E-state index in [4.69, 9.17) is 9.47 Å². The fourth-order valence-electron chi connectivity index (χ4n) is 2.09. The maximum Gasteiger partial charge on any atom is 0.357 e. The minimum absolute atomic E-state index is 0.00748. The molecule has 0 unspecified atom stereocenters. The Morgan fingerprint density at radius 2 is 2.17 bits per heavy atom. The minimum Gasteiger partial charge on any atom is -0.494 e. The molecule has 3 rings (SSSR count). The van der Waals surface area contributed by atoms with E-state index < -0.39 is 11.8 Å². The second kappa shape index (κ2) is 6.91. The van der Waals surface area contributed by atoms with Gasteiger partial charge in [0, 0.05) is 12.4 Å². The molecule has 0 spiro atoms. The van der Waals surface area contributed by atoms with Crippen LogP contribution in [0.25, 0.3) is 5.82 Å². The summed E-state index contributed by atoms with van der Waals surface area (Å²) in [5.74, 6) is -0.378. The Balaban J connectivity index is 1.70. The van der Waals surface area contributed by atoms with Gasteiger partial charge in [0.2, 0.25) is 0 Å². The molecule has 0 aliphatic rings. The molecule has 1 aromatic carbocycles. The van der Waals surface area contributed by atoms with Crippen molar-refractivity contribution in [1.29, 1.82) is 0 Å². The number of aromatic nitrogens is 3. The van der Waals surface area contributed by atoms with Gasteiger partial charge in [-0.2, -0.15) is 0 Å². The Bertz CT molecular complexity index is 850. The van der Waals surface area contributed by atoms with Crippen molar-refractivity contribution in [2.45, 2.75) is 6.61 Å². The molecule has 122 valence electrons. The Labute approximate surface area is 137 Å². The molecule has 3 aromatic rings. The van der Waals surface area contributed by atoms with Crippen LogP contribution in [0.15, 0.2) is 55.1 Å². The maximum atomic E-state index is 13.4. The molecule has 0 fully saturated rings. The van der Waals surface area contributed by atoms with E-state index in [0.717, 1.165) is 0 Å². The molecular weight excluding hydrogens is 313 g/mol. The van der Waals surface area contributed by atoms with Gasteiger partial charge in [-0.25, -0.2) is 19.2 Å². The first-order valence-electron chi connectivity index (χ1n) is 7.12. The molecule has 0 bridgehead atoms. The van der Waals surface area contributed by atoms with Gasteiger partial charge >= 0.3 is 5.97 Å². The second-order valence-corrected chi connectivity index (χ2v) is 4.90. The highest BCUT2D eigenvalue weighted by atomic mass is 19.1. The fraction of sp³-hybridized carbons (Fsp3) is 0.118. The highest BCUT2D eigenvalue weighted by Crippen LogP contribution is 2.19. The number of hydrogen-bond donors (Lipinski definition) is 0. The van der Waals surface area contributed by atoms with Gasteiger partial charge in [0.15, 0.2) is 17.3 Å². The summed E-state index contributed by atoms with van der Waals surface area (Å²) in [6, 6.07) is 9.30. The zero-order chi connectivity index (χ0) is 16.9. The molecule has 0 aliphatic carbocycles. The molecule has 7 heteroatoms. The third-order valence-electron chi connectivity index (χ3n) is 3.30. The first-order valence-corrected chi connectivity index (χ1v) is 7.12. The number of esters is 1. The third kappa shape index (κ3) is 3.40. The number of carbonyl (C=O) groups is 1. The van der Waals surface area contributed by atoms with Crippen molar-refractivity contribution in [2.24, 2.45) is 0 Å². The topological polar surface area (TPSA) is 66.2 Å². The Morgan fingerprint density at radius 1 is 1.29 bits per heavy atom. The van der Waals surface area contributed by atoms with Crippen molar-refractivity contribution >= 4 is 5.97 Å². The van der Waals surface area contributed by atoms with Gasteiger partial charge in [-0.15, -0.1) is 0 Å². The van der Waals surface area contributed by atoms with Gasteiger partial charge in [0.1, 0.15) is 18.8 Å². The summed E-state index contributed by atoms with van der Waals surface area (Å²) in [5, 5.41) is 0. The number of pyridine rings is 1. The Hall–Kier alpha value is -3.22. The molecule has 0 aliphatic heterocycles. The van der Waals surface area contributed by atoms with Crippen molar-refractivity contribution < 1.29 is 18.7 Å². The molecule has 2 aromatic heterocycles. The third-order valence-corrected chi connectivity index (χ3v) is 3.30. The van der Waals surface area contributed by atoms with Crippen LogP contribution in [0.2, 0.25) is 0 Å². The monoisotopic (exact) mass is 327 g/mol. The van der Waals surface area contributed by atoms with Gasteiger partial charge in [0.25, 0.3) is 0 Å². The summed E-state index contributed by atoms with van der Waals surface area (Å²) in [4.78, 5) is 20.3. The number of benzene rings is 1. The Morgan fingerprint density at radius 3 is 2.92 bits per heavy atom. The van der Waals surface area contributed by atoms with Crippen LogP contribution in [-0.4, -0.2) is 27.6 Å². The van der Waals surface area contributed by atoms with E-state index in [0.29, 0.717) is 11.4 Å². The first kappa shape index (κ1) is 15.7. The number of hydrogen-bond acceptors (Lipinski definition) is 5. The standard InChI is InChI=1S/C17H14FN3O3/c1-23-15-9-12(5-6-13(15)18)10-24-17(22)14-3-2-4-16(20-14)21-8-7-19-11-21/h2-9,11H,10H2,1H3. The number of nitrogens with zero attached hydrogens (tertiary/aromatic N) is 3. The van der Waals surface area contributed by atoms with Crippen LogP contribution in [0.3, 0.4) is 0 Å². The van der Waals surface area contributed by atoms with Gasteiger partial charge < -0.3 is 9.47 Å². The number of imidazole rings is 1. The van der Waals surface area contributed by atoms with E-state index in [1.807, 2.05) is 0 Å². The molecule has 0 radical (unpaired) electrons. The lowest BCUT2D eigenvalue weighted by atomic mass is 10.2. The number of halogens is 1. The normalized spacial score (nSPS) is 10.4. The minimum atomic E-state index is -0.569. The SMILES string of the molecule is COc1cc(COC(=O)c2cccc(-n3ccnc3)n2)ccc1F. The van der Waals surface area contributed by atoms with Crippen LogP contribution < -0.4 is 4.74 Å². The molecule has 2 heterocycles. The zero-order valence-corrected chi connectivity index (χ0v) is 12.8. The van der Waals surface area contributed by atoms with Crippen molar-refractivity contribution in [1.82, 2.24) is 14.5 Å². The van der Waals surface area contributed by atoms with Crippen LogP contribution in [0.5, 0.6) is 5.75 Å². The van der Waals surface area contributed by atoms with E-state index in [2.05, 4.69) is 9.97 Å². The van der Waals surface area contributed by atoms with E-state index in [-0.39, 0.29) is 18.1 Å². The summed E-state index contributed by atoms with van der Waals surface area (Å²) in [5.41, 5.74) is 0.794. The van der Waals surface area contributed by atoms with Crippen LogP contribution in [-0.2, 0) is 11.3 Å². The number of methoxy groups -OCH3 is 1. The van der Waals surface area contributed by atoms with Crippen LogP contribution in [0.1, 0.15) is 16.1 Å². The highest BCUT2D eigenvalue weighted by molar-refractivity contribution is 5.87. The predicted molar refractivity (Wildman–Crippen MR) is 83.4 cm³/mol. The van der Waals surface area contributed by atoms with Gasteiger partial charge in [-0.05, 0) is 29.8 Å². The maximum absolute atomic E-state index is 13.4. The van der Waals surface area contributed by atoms with E-state index in [1.165, 1.54) is 25.3 Å². The molecule has 0 saturated carbocycles. The van der Waals surface area contributed by atoms with E-state index in [1.54, 1.807) is 41.5 Å². The largest absolute Gasteiger partial charge is 0.494 e. The van der Waals surface area contributed by atoms with Crippen LogP contribution in [0, 0.1) is 5.82 Å². The van der Waals surface area contributed by atoms with Crippen LogP contribution >= 0.6 is 0 Å². The smallest absolute Gasteiger partial charge is 0.357 e. The van der Waals surface area contributed by atoms with Crippen molar-refractivity contribution in [3.05, 3.63) is 72.2 Å². The number of rotatable bonds is 5. The lowest BCUT2D eigenvalue weighted by molar-refractivity contribution is 0.0465. The summed E-state index contributed by atoms with van der Waals surface area (Å²) >= 11 is 0. The summed E-state index contributed by atoms with van der Waals surface area (Å²) in [6.07, 6.45) is 4.93. The van der Waals surface area contributed by atoms with Crippen molar-refractivity contribution in [3.8, 4) is 11.6 Å². The van der Waals surface area contributed by atoms with Gasteiger partial charge in [-0.1, -0.05) is 12.1 Å². The zero-order valence-electron chi connectivity index (χ0n) is 12.8. The predicted octanol–water partition coefficient (Wildman–Crippen LogP) is 2.77. The number of carbonyl (C=O) groups excluding carboxylic acids is 1. The second-order valence-electron chi connectivity index (χ2n) is 4.90. The van der Waals surface area contributed by atoms with E-state index >= 15 is 0 Å². The first-order chi connectivity index (χ1) is 11.7. The molecule has 0 saturated heterocycles. The van der Waals surface area contributed by atoms with Gasteiger partial charge in [0.05, 0.1) is 7.11 Å². The molecule has 0 atom stereocenters. The Kier molecular flexibility index (Phi) is 4.51. The highest BCUT2D eigenvalue weighted by Gasteiger charge is 2.11. The molecule has 0 N–H and O–H groups in total. The molecule has 6 nitrogen and oxygen atoms in total. The molecule has 24 heavy (non-hydrogen) atoms. The lowest BCUT2D eigenvalue weighted by Crippen LogP contribution is -2.09. The van der Waals surface area contributed by atoms with E-state index in [9.17, 15) is 9.18 Å². The van der Waals surface area contributed by atoms with Crippen LogP contribution in [0.4, 0.5) is 4.39 Å². The summed E-state index contributed by atoms with van der Waals surface area (Å²) < 4.78 is 25.2. The lowest BCUT2D eigenvalue weighted by Gasteiger charge is -2.08. The summed E-state index contributed by atoms with van der Waals surface area (Å²) in [7, 11) is 1.37. The number of ether oxygens (including phenoxy) is 2. The van der Waals surface area contributed by atoms with Crippen molar-refractivity contribution in [3.63, 3.8) is 0 Å². The fourth-order valence-corrected chi connectivity index (χ4v) is 2.09. The molecule has 0 amide bonds.